The van der Waals surface area contributed by atoms with Gasteiger partial charge in [0.25, 0.3) is 0 Å². The van der Waals surface area contributed by atoms with Crippen molar-refractivity contribution >= 4 is 11.9 Å². The van der Waals surface area contributed by atoms with Crippen molar-refractivity contribution in [2.45, 2.75) is 43.8 Å². The number of carbonyl (C=O) groups is 2. The predicted molar refractivity (Wildman–Crippen MR) is 121 cm³/mol. The van der Waals surface area contributed by atoms with E-state index in [9.17, 15) is 19.8 Å². The molecule has 4 rings (SSSR count). The molecule has 7 nitrogen and oxygen atoms in total. The van der Waals surface area contributed by atoms with Crippen LogP contribution in [0.4, 0.5) is 0 Å². The minimum atomic E-state index is -1.50. The normalized spacial score (nSPS) is 21.5. The van der Waals surface area contributed by atoms with Crippen molar-refractivity contribution in [3.8, 4) is 5.75 Å². The first kappa shape index (κ1) is 24.7. The van der Waals surface area contributed by atoms with Crippen LogP contribution in [-0.4, -0.2) is 59.9 Å². The Bertz CT molecular complexity index is 937. The second kappa shape index (κ2) is 10.4. The fourth-order valence-corrected chi connectivity index (χ4v) is 4.72. The summed E-state index contributed by atoms with van der Waals surface area (Å²) in [7, 11) is 4.29. The number of esters is 1. The Balaban J connectivity index is 0.000000257. The highest BCUT2D eigenvalue weighted by atomic mass is 16.6. The summed E-state index contributed by atoms with van der Waals surface area (Å²) >= 11 is 0. The summed E-state index contributed by atoms with van der Waals surface area (Å²) < 4.78 is 6.64. The van der Waals surface area contributed by atoms with Gasteiger partial charge in [-0.1, -0.05) is 55.3 Å². The molecule has 0 radical (unpaired) electrons. The Hall–Kier alpha value is -2.90. The van der Waals surface area contributed by atoms with Gasteiger partial charge in [-0.25, -0.2) is 9.59 Å². The molecule has 2 atom stereocenters. The van der Waals surface area contributed by atoms with Crippen LogP contribution in [0.5, 0.6) is 5.75 Å². The number of aliphatic hydroxyl groups is 1. The molecule has 2 aromatic carbocycles. The fraction of sp³-hybridized carbons (Fsp3) is 0.462. The van der Waals surface area contributed by atoms with E-state index in [4.69, 9.17) is 9.84 Å². The summed E-state index contributed by atoms with van der Waals surface area (Å²) in [5.41, 5.74) is -0.694. The van der Waals surface area contributed by atoms with Crippen LogP contribution in [-0.2, 0) is 15.1 Å². The van der Waals surface area contributed by atoms with Gasteiger partial charge in [-0.2, -0.15) is 0 Å². The number of likely N-dealkylation sites (tertiary alicyclic amines) is 1. The highest BCUT2D eigenvalue weighted by molar-refractivity contribution is 5.87. The van der Waals surface area contributed by atoms with Crippen molar-refractivity contribution in [1.29, 1.82) is 0 Å². The van der Waals surface area contributed by atoms with Crippen molar-refractivity contribution in [2.24, 2.45) is 5.92 Å². The van der Waals surface area contributed by atoms with Gasteiger partial charge in [0.05, 0.1) is 26.2 Å². The number of quaternary nitrogens is 1. The highest BCUT2D eigenvalue weighted by Crippen LogP contribution is 2.42. The number of aromatic carboxylic acids is 1. The molecule has 7 heteroatoms. The predicted octanol–water partition coefficient (Wildman–Crippen LogP) is 2.91. The number of carbonyl (C=O) groups excluding carboxylic acids is 1. The van der Waals surface area contributed by atoms with Gasteiger partial charge in [0.15, 0.2) is 11.7 Å². The van der Waals surface area contributed by atoms with Crippen LogP contribution in [0.1, 0.15) is 48.0 Å². The largest absolute Gasteiger partial charge is 0.872 e. The summed E-state index contributed by atoms with van der Waals surface area (Å²) in [6.07, 6.45) is 4.68. The van der Waals surface area contributed by atoms with Crippen molar-refractivity contribution in [3.05, 3.63) is 65.7 Å². The maximum Gasteiger partial charge on any atom is 0.343 e. The van der Waals surface area contributed by atoms with Gasteiger partial charge in [-0.3, -0.25) is 0 Å². The summed E-state index contributed by atoms with van der Waals surface area (Å²) in [6.45, 7) is 1.83. The van der Waals surface area contributed by atoms with Crippen molar-refractivity contribution in [3.63, 3.8) is 0 Å². The highest BCUT2D eigenvalue weighted by Gasteiger charge is 2.49. The molecule has 2 fully saturated rings. The van der Waals surface area contributed by atoms with Crippen molar-refractivity contribution in [1.82, 2.24) is 0 Å². The molecule has 2 N–H and O–H groups in total. The van der Waals surface area contributed by atoms with E-state index >= 15 is 0 Å². The third-order valence-corrected chi connectivity index (χ3v) is 6.60. The molecule has 1 aliphatic carbocycles. The first-order valence-electron chi connectivity index (χ1n) is 11.4. The van der Waals surface area contributed by atoms with Crippen LogP contribution in [0.3, 0.4) is 0 Å². The Morgan fingerprint density at radius 2 is 1.61 bits per heavy atom. The van der Waals surface area contributed by atoms with Gasteiger partial charge in [0.1, 0.15) is 6.54 Å². The number of benzene rings is 2. The molecule has 0 aromatic heterocycles. The summed E-state index contributed by atoms with van der Waals surface area (Å²) in [4.78, 5) is 23.2. The van der Waals surface area contributed by atoms with E-state index < -0.39 is 17.5 Å². The van der Waals surface area contributed by atoms with Crippen LogP contribution in [0.25, 0.3) is 0 Å². The number of carboxylic acids is 1. The maximum absolute atomic E-state index is 12.9. The van der Waals surface area contributed by atoms with Crippen LogP contribution in [0.15, 0.2) is 54.6 Å². The molecule has 1 heterocycles. The molecule has 2 unspecified atom stereocenters. The summed E-state index contributed by atoms with van der Waals surface area (Å²) in [6, 6.07) is 14.3. The first-order chi connectivity index (χ1) is 15.6. The van der Waals surface area contributed by atoms with Crippen LogP contribution in [0.2, 0.25) is 0 Å². The minimum Gasteiger partial charge on any atom is -0.872 e. The number of nitrogens with zero attached hydrogens (tertiary/aromatic N) is 1. The third-order valence-electron chi connectivity index (χ3n) is 6.60. The molecule has 2 aromatic rings. The number of hydrogen-bond acceptors (Lipinski definition) is 5. The van der Waals surface area contributed by atoms with E-state index in [1.165, 1.54) is 24.3 Å². The molecule has 178 valence electrons. The Kier molecular flexibility index (Phi) is 7.76. The Morgan fingerprint density at radius 1 is 1.00 bits per heavy atom. The lowest BCUT2D eigenvalue weighted by atomic mass is 9.80. The van der Waals surface area contributed by atoms with Gasteiger partial charge < -0.3 is 24.5 Å². The second-order valence-corrected chi connectivity index (χ2v) is 9.60. The topological polar surface area (TPSA) is 107 Å². The zero-order chi connectivity index (χ0) is 24.1. The van der Waals surface area contributed by atoms with Gasteiger partial charge in [0, 0.05) is 12.3 Å². The van der Waals surface area contributed by atoms with Crippen molar-refractivity contribution in [2.75, 3.05) is 27.2 Å². The van der Waals surface area contributed by atoms with E-state index in [1.54, 1.807) is 0 Å². The standard InChI is InChI=1S/C19H28NO3.C7H6O3/c1-20(2)13-12-17(14-20)23-18(21)19(22,16-10-6-7-11-16)15-8-4-3-5-9-15;8-6-3-1-5(2-4-6)7(9)10/h3-5,8-9,16-17,22H,6-7,10-14H2,1-2H3;1-4,8H,(H,9,10)/q+1;/p-1. The number of likely N-dealkylation sites (N-methyl/N-ethyl adjacent to an activating group) is 1. The quantitative estimate of drug-likeness (QED) is 0.530. The average Bonchev–Trinajstić information content (AvgIpc) is 3.44. The monoisotopic (exact) mass is 455 g/mol. The molecular formula is C26H33NO6. The van der Waals surface area contributed by atoms with Gasteiger partial charge in [-0.15, -0.1) is 5.75 Å². The van der Waals surface area contributed by atoms with E-state index in [2.05, 4.69) is 14.1 Å². The molecule has 1 aliphatic heterocycles. The van der Waals surface area contributed by atoms with E-state index in [1.807, 2.05) is 30.3 Å². The Morgan fingerprint density at radius 3 is 2.12 bits per heavy atom. The van der Waals surface area contributed by atoms with Gasteiger partial charge >= 0.3 is 11.9 Å². The molecule has 33 heavy (non-hydrogen) atoms. The number of ether oxygens (including phenoxy) is 1. The zero-order valence-corrected chi connectivity index (χ0v) is 19.3. The molecule has 0 amide bonds. The summed E-state index contributed by atoms with van der Waals surface area (Å²) in [5.74, 6) is -1.69. The SMILES string of the molecule is C[N+]1(C)CCC(OC(=O)C(O)(c2ccccc2)C2CCCC2)C1.O=C(O)c1ccc([O-])cc1. The number of hydrogen-bond donors (Lipinski definition) is 2. The molecule has 0 spiro atoms. The molecule has 2 aliphatic rings. The minimum absolute atomic E-state index is 0.0405. The van der Waals surface area contributed by atoms with Crippen LogP contribution >= 0.6 is 0 Å². The lowest BCUT2D eigenvalue weighted by molar-refractivity contribution is -0.879. The van der Waals surface area contributed by atoms with Crippen LogP contribution < -0.4 is 5.11 Å². The third kappa shape index (κ3) is 6.12. The molecule has 0 bridgehead atoms. The van der Waals surface area contributed by atoms with E-state index in [-0.39, 0.29) is 23.3 Å². The number of carboxylic acid groups (broad SMARTS) is 1. The van der Waals surface area contributed by atoms with Crippen molar-refractivity contribution < 1.29 is 34.1 Å². The molecule has 1 saturated heterocycles. The Labute approximate surface area is 194 Å². The molecule has 1 saturated carbocycles. The fourth-order valence-electron chi connectivity index (χ4n) is 4.72. The smallest absolute Gasteiger partial charge is 0.343 e. The summed E-state index contributed by atoms with van der Waals surface area (Å²) in [5, 5.41) is 30.2. The van der Waals surface area contributed by atoms with E-state index in [0.717, 1.165) is 49.7 Å². The van der Waals surface area contributed by atoms with E-state index in [0.29, 0.717) is 5.56 Å². The lowest BCUT2D eigenvalue weighted by Crippen LogP contribution is -2.46. The zero-order valence-electron chi connectivity index (χ0n) is 19.3. The van der Waals surface area contributed by atoms with Gasteiger partial charge in [0.2, 0.25) is 0 Å². The average molecular weight is 456 g/mol. The van der Waals surface area contributed by atoms with Crippen LogP contribution in [0, 0.1) is 5.92 Å². The first-order valence-corrected chi connectivity index (χ1v) is 11.4. The number of rotatable bonds is 5. The molecular weight excluding hydrogens is 422 g/mol. The second-order valence-electron chi connectivity index (χ2n) is 9.60. The maximum atomic E-state index is 12.9. The lowest BCUT2D eigenvalue weighted by Gasteiger charge is -2.33. The van der Waals surface area contributed by atoms with Gasteiger partial charge in [-0.05, 0) is 30.5 Å².